The monoisotopic (exact) mass is 772 g/mol. The predicted octanol–water partition coefficient (Wildman–Crippen LogP) is 12.2. The number of rotatable bonds is 40. The summed E-state index contributed by atoms with van der Waals surface area (Å²) in [5.41, 5.74) is 0. The number of allylic oxidation sites excluding steroid dienone is 4. The summed E-state index contributed by atoms with van der Waals surface area (Å²) in [6.07, 6.45) is 39.3. The highest BCUT2D eigenvalue weighted by Gasteiger charge is 2.26. The second kappa shape index (κ2) is 38.8. The van der Waals surface area contributed by atoms with E-state index >= 15 is 0 Å². The SMILES string of the molecule is CCCCCCCCC=CCCCCCCCC(=O)OC[C@H](COP(=O)(O)OCCN(C)C)OC(=O)CCCCCCCC=CCCCCCCCC. The molecule has 0 radical (unpaired) electrons. The fourth-order valence-corrected chi connectivity index (χ4v) is 6.59. The fourth-order valence-electron chi connectivity index (χ4n) is 5.85. The Bertz CT molecular complexity index is 941. The van der Waals surface area contributed by atoms with Gasteiger partial charge in [0.15, 0.2) is 6.10 Å². The van der Waals surface area contributed by atoms with Crippen molar-refractivity contribution in [3.63, 3.8) is 0 Å². The van der Waals surface area contributed by atoms with Crippen molar-refractivity contribution in [1.29, 1.82) is 0 Å². The molecule has 10 heteroatoms. The van der Waals surface area contributed by atoms with E-state index < -0.39 is 26.5 Å². The number of unbranched alkanes of at least 4 members (excludes halogenated alkanes) is 22. The molecule has 0 fully saturated rings. The third kappa shape index (κ3) is 40.0. The van der Waals surface area contributed by atoms with Crippen molar-refractivity contribution in [2.24, 2.45) is 0 Å². The number of nitrogens with zero attached hydrogens (tertiary/aromatic N) is 1. The maximum absolute atomic E-state index is 12.6. The topological polar surface area (TPSA) is 112 Å². The first-order chi connectivity index (χ1) is 25.7. The van der Waals surface area contributed by atoms with E-state index in [1.54, 1.807) is 0 Å². The number of phosphoric acid groups is 1. The van der Waals surface area contributed by atoms with Crippen LogP contribution in [0.4, 0.5) is 0 Å². The van der Waals surface area contributed by atoms with Crippen LogP contribution in [0.15, 0.2) is 24.3 Å². The van der Waals surface area contributed by atoms with Crippen LogP contribution in [0.25, 0.3) is 0 Å². The third-order valence-electron chi connectivity index (χ3n) is 9.23. The van der Waals surface area contributed by atoms with Crippen molar-refractivity contribution >= 4 is 19.8 Å². The van der Waals surface area contributed by atoms with Gasteiger partial charge in [0.1, 0.15) is 6.61 Å². The molecular weight excluding hydrogens is 689 g/mol. The van der Waals surface area contributed by atoms with E-state index in [4.69, 9.17) is 18.5 Å². The largest absolute Gasteiger partial charge is 0.472 e. The number of carbonyl (C=O) groups excluding carboxylic acids is 2. The molecule has 0 aromatic rings. The van der Waals surface area contributed by atoms with Crippen molar-refractivity contribution in [3.05, 3.63) is 24.3 Å². The first kappa shape index (κ1) is 51.5. The number of likely N-dealkylation sites (N-methyl/N-ethyl adjacent to an activating group) is 1. The lowest BCUT2D eigenvalue weighted by atomic mass is 10.1. The molecule has 1 N–H and O–H groups in total. The molecule has 0 heterocycles. The van der Waals surface area contributed by atoms with Crippen LogP contribution in [0, 0.1) is 0 Å². The maximum atomic E-state index is 12.6. The molecule has 1 unspecified atom stereocenters. The van der Waals surface area contributed by atoms with Crippen molar-refractivity contribution in [1.82, 2.24) is 4.90 Å². The van der Waals surface area contributed by atoms with Crippen LogP contribution in [-0.2, 0) is 32.7 Å². The number of hydrogen-bond donors (Lipinski definition) is 1. The minimum absolute atomic E-state index is 0.00561. The van der Waals surface area contributed by atoms with Gasteiger partial charge in [-0.2, -0.15) is 0 Å². The molecule has 0 aromatic heterocycles. The van der Waals surface area contributed by atoms with E-state index in [2.05, 4.69) is 38.2 Å². The molecule has 312 valence electrons. The van der Waals surface area contributed by atoms with Gasteiger partial charge in [0.25, 0.3) is 0 Å². The lowest BCUT2D eigenvalue weighted by molar-refractivity contribution is -0.161. The van der Waals surface area contributed by atoms with Gasteiger partial charge in [0, 0.05) is 19.4 Å². The fraction of sp³-hybridized carbons (Fsp3) is 0.860. The molecule has 9 nitrogen and oxygen atoms in total. The highest BCUT2D eigenvalue weighted by atomic mass is 31.2. The predicted molar refractivity (Wildman–Crippen MR) is 220 cm³/mol. The first-order valence-corrected chi connectivity index (χ1v) is 23.1. The second-order valence-electron chi connectivity index (χ2n) is 14.9. The van der Waals surface area contributed by atoms with Crippen LogP contribution in [-0.4, -0.2) is 68.3 Å². The Kier molecular flexibility index (Phi) is 37.6. The summed E-state index contributed by atoms with van der Waals surface area (Å²) in [6, 6.07) is 0. The molecule has 0 amide bonds. The summed E-state index contributed by atoms with van der Waals surface area (Å²) in [7, 11) is -0.715. The van der Waals surface area contributed by atoms with E-state index in [0.29, 0.717) is 13.0 Å². The number of esters is 2. The van der Waals surface area contributed by atoms with Gasteiger partial charge in [0.05, 0.1) is 13.2 Å². The Morgan fingerprint density at radius 1 is 0.566 bits per heavy atom. The number of ether oxygens (including phenoxy) is 2. The molecule has 0 aromatic carbocycles. The molecule has 0 saturated carbocycles. The highest BCUT2D eigenvalue weighted by Crippen LogP contribution is 2.43. The summed E-state index contributed by atoms with van der Waals surface area (Å²) in [6.45, 7) is 4.30. The van der Waals surface area contributed by atoms with Crippen LogP contribution >= 0.6 is 7.82 Å². The zero-order valence-electron chi connectivity index (χ0n) is 34.7. The zero-order chi connectivity index (χ0) is 39.1. The normalized spacial score (nSPS) is 13.6. The number of phosphoric ester groups is 1. The molecule has 0 rings (SSSR count). The molecule has 0 bridgehead atoms. The van der Waals surface area contributed by atoms with Gasteiger partial charge in [-0.15, -0.1) is 0 Å². The lowest BCUT2D eigenvalue weighted by Crippen LogP contribution is -2.29. The van der Waals surface area contributed by atoms with Gasteiger partial charge >= 0.3 is 19.8 Å². The van der Waals surface area contributed by atoms with Gasteiger partial charge < -0.3 is 19.3 Å². The molecular formula is C43H82NO8P. The Labute approximate surface area is 326 Å². The molecule has 0 aliphatic rings. The van der Waals surface area contributed by atoms with E-state index in [-0.39, 0.29) is 32.0 Å². The molecule has 0 aliphatic heterocycles. The van der Waals surface area contributed by atoms with E-state index in [9.17, 15) is 19.0 Å². The van der Waals surface area contributed by atoms with Crippen molar-refractivity contribution in [2.75, 3.05) is 40.5 Å². The zero-order valence-corrected chi connectivity index (χ0v) is 35.6. The van der Waals surface area contributed by atoms with E-state index in [1.165, 1.54) is 89.9 Å². The number of carbonyl (C=O) groups is 2. The third-order valence-corrected chi connectivity index (χ3v) is 10.2. The van der Waals surface area contributed by atoms with E-state index in [0.717, 1.165) is 70.6 Å². The van der Waals surface area contributed by atoms with Gasteiger partial charge in [0.2, 0.25) is 0 Å². The molecule has 0 spiro atoms. The van der Waals surface area contributed by atoms with Gasteiger partial charge in [-0.1, -0.05) is 141 Å². The van der Waals surface area contributed by atoms with Crippen LogP contribution < -0.4 is 0 Å². The van der Waals surface area contributed by atoms with Gasteiger partial charge in [-0.05, 0) is 78.3 Å². The Balaban J connectivity index is 4.32. The second-order valence-corrected chi connectivity index (χ2v) is 16.3. The quantitative estimate of drug-likeness (QED) is 0.0281. The van der Waals surface area contributed by atoms with Gasteiger partial charge in [-0.25, -0.2) is 4.57 Å². The van der Waals surface area contributed by atoms with E-state index in [1.807, 2.05) is 19.0 Å². The average Bonchev–Trinajstić information content (AvgIpc) is 3.12. The van der Waals surface area contributed by atoms with Crippen LogP contribution in [0.1, 0.15) is 194 Å². The van der Waals surface area contributed by atoms with Crippen molar-refractivity contribution < 1.29 is 37.6 Å². The Morgan fingerprint density at radius 3 is 1.40 bits per heavy atom. The smallest absolute Gasteiger partial charge is 0.462 e. The molecule has 0 saturated heterocycles. The van der Waals surface area contributed by atoms with Gasteiger partial charge in [-0.3, -0.25) is 18.6 Å². The molecule has 53 heavy (non-hydrogen) atoms. The standard InChI is InChI=1S/C43H82NO8P/c1-5-7-9-11-13-15-17-19-21-23-25-27-29-31-33-35-42(45)49-39-41(40-51-53(47,48)50-38-37-44(3)4)52-43(46)36-34-32-30-28-26-24-22-20-18-16-14-12-10-8-6-2/h19-22,41H,5-18,23-40H2,1-4H3,(H,47,48)/t41-/m1/s1. The number of hydrogen-bond acceptors (Lipinski definition) is 8. The summed E-state index contributed by atoms with van der Waals surface area (Å²) in [5.74, 6) is -0.818. The first-order valence-electron chi connectivity index (χ1n) is 21.6. The lowest BCUT2D eigenvalue weighted by Gasteiger charge is -2.20. The Hall–Kier alpha value is -1.51. The summed E-state index contributed by atoms with van der Waals surface area (Å²) >= 11 is 0. The van der Waals surface area contributed by atoms with Crippen LogP contribution in [0.5, 0.6) is 0 Å². The maximum Gasteiger partial charge on any atom is 0.472 e. The average molecular weight is 772 g/mol. The van der Waals surface area contributed by atoms with Crippen molar-refractivity contribution in [2.45, 2.75) is 200 Å². The van der Waals surface area contributed by atoms with Crippen LogP contribution in [0.2, 0.25) is 0 Å². The molecule has 2 atom stereocenters. The van der Waals surface area contributed by atoms with Crippen LogP contribution in [0.3, 0.4) is 0 Å². The molecule has 0 aliphatic carbocycles. The summed E-state index contributed by atoms with van der Waals surface area (Å²) < 4.78 is 33.4. The minimum Gasteiger partial charge on any atom is -0.462 e. The highest BCUT2D eigenvalue weighted by molar-refractivity contribution is 7.47. The minimum atomic E-state index is -4.36. The summed E-state index contributed by atoms with van der Waals surface area (Å²) in [4.78, 5) is 37.0. The Morgan fingerprint density at radius 2 is 0.962 bits per heavy atom. The van der Waals surface area contributed by atoms with Crippen molar-refractivity contribution in [3.8, 4) is 0 Å². The summed E-state index contributed by atoms with van der Waals surface area (Å²) in [5, 5.41) is 0.